The number of rotatable bonds is 50. The zero-order valence-electron chi connectivity index (χ0n) is 46.6. The van der Waals surface area contributed by atoms with Gasteiger partial charge in [0.15, 0.2) is 0 Å². The van der Waals surface area contributed by atoms with Gasteiger partial charge in [0.2, 0.25) is 0 Å². The summed E-state index contributed by atoms with van der Waals surface area (Å²) >= 11 is 0. The predicted octanol–water partition coefficient (Wildman–Crippen LogP) is 17.3. The SMILES string of the molecule is CCCCCCCCC(CCCCCCCC)COC(=O)CCCCCN(CC=C(C)C)CCN(CCCCCC(=O)OCC(CCCCCCCC)CCCCCCCC)C1CCC(O)CC1. The lowest BCUT2D eigenvalue weighted by molar-refractivity contribution is -0.146. The van der Waals surface area contributed by atoms with E-state index in [0.717, 1.165) is 96.9 Å². The summed E-state index contributed by atoms with van der Waals surface area (Å²) < 4.78 is 11.9. The van der Waals surface area contributed by atoms with Gasteiger partial charge >= 0.3 is 11.9 Å². The molecule has 7 heteroatoms. The van der Waals surface area contributed by atoms with Crippen LogP contribution >= 0.6 is 0 Å². The largest absolute Gasteiger partial charge is 0.465 e. The summed E-state index contributed by atoms with van der Waals surface area (Å²) in [5.41, 5.74) is 1.35. The minimum atomic E-state index is -0.154. The van der Waals surface area contributed by atoms with Gasteiger partial charge in [-0.05, 0) is 116 Å². The third-order valence-corrected chi connectivity index (χ3v) is 15.1. The standard InChI is InChI=1S/C61H118N2O5/c1-7-11-15-19-23-29-37-56(38-30-24-20-16-12-8-2)53-67-60(65)41-33-27-35-48-62(50-47-55(5)6)51-52-63(58-43-45-59(64)46-44-58)49-36-28-34-42-61(66)68-54-57(39-31-25-21-17-13-9-3)40-32-26-22-18-14-10-4/h47,56-59,64H,7-46,48-54H2,1-6H3. The van der Waals surface area contributed by atoms with E-state index < -0.39 is 0 Å². The Morgan fingerprint density at radius 3 is 1.24 bits per heavy atom. The summed E-state index contributed by atoms with van der Waals surface area (Å²) in [6, 6.07) is 0.520. The molecule has 0 amide bonds. The molecule has 1 N–H and O–H groups in total. The summed E-state index contributed by atoms with van der Waals surface area (Å²) in [6.45, 7) is 19.8. The van der Waals surface area contributed by atoms with Crippen molar-refractivity contribution in [3.63, 3.8) is 0 Å². The Kier molecular flexibility index (Phi) is 45.5. The molecule has 402 valence electrons. The molecule has 0 unspecified atom stereocenters. The van der Waals surface area contributed by atoms with Crippen LogP contribution in [0.4, 0.5) is 0 Å². The van der Waals surface area contributed by atoms with E-state index in [1.165, 1.54) is 185 Å². The molecule has 0 aromatic heterocycles. The molecule has 0 saturated heterocycles. The quantitative estimate of drug-likeness (QED) is 0.0370. The van der Waals surface area contributed by atoms with E-state index in [9.17, 15) is 14.7 Å². The van der Waals surface area contributed by atoms with Crippen LogP contribution in [0.5, 0.6) is 0 Å². The number of nitrogens with zero attached hydrogens (tertiary/aromatic N) is 2. The van der Waals surface area contributed by atoms with E-state index in [1.807, 2.05) is 0 Å². The third kappa shape index (κ3) is 40.2. The maximum absolute atomic E-state index is 13.0. The fourth-order valence-electron chi connectivity index (χ4n) is 10.4. The van der Waals surface area contributed by atoms with Gasteiger partial charge in [-0.15, -0.1) is 0 Å². The molecule has 0 atom stereocenters. The highest BCUT2D eigenvalue weighted by Crippen LogP contribution is 2.25. The summed E-state index contributed by atoms with van der Waals surface area (Å²) in [5, 5.41) is 10.3. The number of hydrogen-bond acceptors (Lipinski definition) is 7. The highest BCUT2D eigenvalue weighted by atomic mass is 16.5. The maximum Gasteiger partial charge on any atom is 0.305 e. The number of hydrogen-bond donors (Lipinski definition) is 1. The van der Waals surface area contributed by atoms with Gasteiger partial charge in [-0.25, -0.2) is 0 Å². The van der Waals surface area contributed by atoms with Gasteiger partial charge in [-0.3, -0.25) is 19.4 Å². The van der Waals surface area contributed by atoms with Crippen molar-refractivity contribution in [2.24, 2.45) is 11.8 Å². The molecule has 1 rings (SSSR count). The van der Waals surface area contributed by atoms with Crippen LogP contribution in [0.1, 0.15) is 298 Å². The summed E-state index contributed by atoms with van der Waals surface area (Å²) in [7, 11) is 0. The average Bonchev–Trinajstić information content (AvgIpc) is 3.33. The monoisotopic (exact) mass is 959 g/mol. The third-order valence-electron chi connectivity index (χ3n) is 15.1. The van der Waals surface area contributed by atoms with E-state index in [0.29, 0.717) is 43.9 Å². The first-order chi connectivity index (χ1) is 33.2. The molecular weight excluding hydrogens is 841 g/mol. The van der Waals surface area contributed by atoms with Gasteiger partial charge in [0.25, 0.3) is 0 Å². The van der Waals surface area contributed by atoms with Crippen LogP contribution in [0.15, 0.2) is 11.6 Å². The summed E-state index contributed by atoms with van der Waals surface area (Å²) in [6.07, 6.45) is 49.7. The van der Waals surface area contributed by atoms with E-state index in [2.05, 4.69) is 57.4 Å². The van der Waals surface area contributed by atoms with E-state index in [-0.39, 0.29) is 18.0 Å². The van der Waals surface area contributed by atoms with Gasteiger partial charge in [0, 0.05) is 38.5 Å². The topological polar surface area (TPSA) is 79.3 Å². The van der Waals surface area contributed by atoms with Crippen LogP contribution in [0, 0.1) is 11.8 Å². The second-order valence-corrected chi connectivity index (χ2v) is 22.0. The van der Waals surface area contributed by atoms with Crippen molar-refractivity contribution in [2.75, 3.05) is 45.9 Å². The lowest BCUT2D eigenvalue weighted by Gasteiger charge is -2.37. The van der Waals surface area contributed by atoms with E-state index in [1.54, 1.807) is 0 Å². The molecule has 68 heavy (non-hydrogen) atoms. The number of esters is 2. The van der Waals surface area contributed by atoms with Crippen LogP contribution in [-0.2, 0) is 19.1 Å². The van der Waals surface area contributed by atoms with Crippen LogP contribution in [0.25, 0.3) is 0 Å². The molecule has 0 radical (unpaired) electrons. The minimum absolute atomic E-state index is 0.00123. The molecule has 1 saturated carbocycles. The normalized spacial score (nSPS) is 15.3. The Balaban J connectivity index is 2.58. The molecule has 0 aliphatic heterocycles. The Morgan fingerprint density at radius 2 is 0.838 bits per heavy atom. The molecule has 0 aromatic carbocycles. The van der Waals surface area contributed by atoms with Crippen molar-refractivity contribution in [3.8, 4) is 0 Å². The molecule has 0 heterocycles. The predicted molar refractivity (Wildman–Crippen MR) is 294 cm³/mol. The first kappa shape index (κ1) is 64.6. The van der Waals surface area contributed by atoms with Crippen molar-refractivity contribution in [2.45, 2.75) is 311 Å². The molecule has 0 spiro atoms. The number of carbonyl (C=O) groups is 2. The van der Waals surface area contributed by atoms with Crippen LogP contribution in [-0.4, -0.2) is 84.9 Å². The summed E-state index contributed by atoms with van der Waals surface area (Å²) in [5.74, 6) is 1.03. The number of ether oxygens (including phenoxy) is 2. The Morgan fingerprint density at radius 1 is 0.471 bits per heavy atom. The van der Waals surface area contributed by atoms with Crippen LogP contribution in [0.3, 0.4) is 0 Å². The molecular formula is C61H118N2O5. The molecule has 1 aliphatic rings. The first-order valence-electron chi connectivity index (χ1n) is 30.3. The Labute approximate surface area is 424 Å². The van der Waals surface area contributed by atoms with Crippen LogP contribution < -0.4 is 0 Å². The zero-order chi connectivity index (χ0) is 49.6. The number of aliphatic hydroxyl groups excluding tert-OH is 1. The zero-order valence-corrected chi connectivity index (χ0v) is 46.6. The van der Waals surface area contributed by atoms with Crippen molar-refractivity contribution in [1.82, 2.24) is 9.80 Å². The second kappa shape index (κ2) is 47.9. The fraction of sp³-hybridized carbons (Fsp3) is 0.934. The molecule has 1 fully saturated rings. The first-order valence-corrected chi connectivity index (χ1v) is 30.3. The van der Waals surface area contributed by atoms with Crippen LogP contribution in [0.2, 0.25) is 0 Å². The number of carbonyl (C=O) groups excluding carboxylic acids is 2. The van der Waals surface area contributed by atoms with E-state index in [4.69, 9.17) is 9.47 Å². The fourth-order valence-corrected chi connectivity index (χ4v) is 10.4. The number of aliphatic hydroxyl groups is 1. The lowest BCUT2D eigenvalue weighted by atomic mass is 9.91. The van der Waals surface area contributed by atoms with Crippen molar-refractivity contribution >= 4 is 11.9 Å². The van der Waals surface area contributed by atoms with Gasteiger partial charge in [-0.1, -0.05) is 206 Å². The minimum Gasteiger partial charge on any atom is -0.465 e. The lowest BCUT2D eigenvalue weighted by Crippen LogP contribution is -2.44. The number of allylic oxidation sites excluding steroid dienone is 1. The molecule has 7 nitrogen and oxygen atoms in total. The maximum atomic E-state index is 13.0. The van der Waals surface area contributed by atoms with Gasteiger partial charge in [0.05, 0.1) is 19.3 Å². The molecule has 1 aliphatic carbocycles. The van der Waals surface area contributed by atoms with Gasteiger partial charge < -0.3 is 14.6 Å². The molecule has 0 bridgehead atoms. The summed E-state index contributed by atoms with van der Waals surface area (Å²) in [4.78, 5) is 31.2. The van der Waals surface area contributed by atoms with E-state index >= 15 is 0 Å². The Bertz CT molecular complexity index is 1100. The van der Waals surface area contributed by atoms with Gasteiger partial charge in [-0.2, -0.15) is 0 Å². The van der Waals surface area contributed by atoms with Gasteiger partial charge in [0.1, 0.15) is 0 Å². The van der Waals surface area contributed by atoms with Crippen molar-refractivity contribution < 1.29 is 24.2 Å². The molecule has 0 aromatic rings. The smallest absolute Gasteiger partial charge is 0.305 e. The highest BCUT2D eigenvalue weighted by Gasteiger charge is 2.25. The number of unbranched alkanes of at least 4 members (excludes halogenated alkanes) is 24. The van der Waals surface area contributed by atoms with Crippen molar-refractivity contribution in [1.29, 1.82) is 0 Å². The Hall–Kier alpha value is -1.44. The van der Waals surface area contributed by atoms with Crippen molar-refractivity contribution in [3.05, 3.63) is 11.6 Å². The highest BCUT2D eigenvalue weighted by molar-refractivity contribution is 5.69. The second-order valence-electron chi connectivity index (χ2n) is 22.0. The average molecular weight is 960 g/mol.